The lowest BCUT2D eigenvalue weighted by atomic mass is 9.81. The number of carbonyl (C=O) groups excluding carboxylic acids is 1. The molecule has 3 heterocycles. The van der Waals surface area contributed by atoms with Crippen LogP contribution in [0.5, 0.6) is 6.01 Å². The second kappa shape index (κ2) is 13.6. The van der Waals surface area contributed by atoms with Crippen molar-refractivity contribution in [3.63, 3.8) is 0 Å². The zero-order valence-corrected chi connectivity index (χ0v) is 27.8. The summed E-state index contributed by atoms with van der Waals surface area (Å²) in [6, 6.07) is 12.3. The van der Waals surface area contributed by atoms with Crippen molar-refractivity contribution in [1.29, 1.82) is 0 Å². The van der Waals surface area contributed by atoms with Crippen LogP contribution in [0.3, 0.4) is 0 Å². The molecule has 2 atom stereocenters. The molecule has 9 nitrogen and oxygen atoms in total. The molecule has 2 aliphatic heterocycles. The monoisotopic (exact) mass is 661 g/mol. The van der Waals surface area contributed by atoms with Gasteiger partial charge in [-0.2, -0.15) is 9.97 Å². The molecule has 1 aromatic heterocycles. The number of ether oxygens (including phenoxy) is 1. The number of hydrogen-bond donors (Lipinski definition) is 0. The van der Waals surface area contributed by atoms with Gasteiger partial charge in [-0.25, -0.2) is 19.7 Å². The maximum Gasteiger partial charge on any atom is 0.318 e. The first-order chi connectivity index (χ1) is 22.9. The highest BCUT2D eigenvalue weighted by Crippen LogP contribution is 2.42. The van der Waals surface area contributed by atoms with E-state index in [0.717, 1.165) is 23.5 Å². The summed E-state index contributed by atoms with van der Waals surface area (Å²) < 4.78 is 47.0. The van der Waals surface area contributed by atoms with Crippen LogP contribution in [0.15, 0.2) is 48.8 Å². The van der Waals surface area contributed by atoms with Crippen molar-refractivity contribution in [3.05, 3.63) is 77.0 Å². The van der Waals surface area contributed by atoms with Crippen LogP contribution in [0, 0.1) is 19.4 Å². The summed E-state index contributed by atoms with van der Waals surface area (Å²) in [5.41, 5.74) is 4.15. The van der Waals surface area contributed by atoms with E-state index < -0.39 is 23.7 Å². The van der Waals surface area contributed by atoms with Crippen molar-refractivity contribution in [1.82, 2.24) is 19.8 Å². The smallest absolute Gasteiger partial charge is 0.318 e. The molecule has 48 heavy (non-hydrogen) atoms. The lowest BCUT2D eigenvalue weighted by molar-refractivity contribution is -0.131. The minimum atomic E-state index is -2.55. The van der Waals surface area contributed by atoms with E-state index in [9.17, 15) is 18.0 Å². The van der Waals surface area contributed by atoms with Crippen molar-refractivity contribution in [3.8, 4) is 6.01 Å². The number of benzene rings is 2. The number of anilines is 2. The van der Waals surface area contributed by atoms with Gasteiger partial charge in [0.25, 0.3) is 5.91 Å². The maximum atomic E-state index is 13.9. The largest absolute Gasteiger partial charge is 0.459 e. The van der Waals surface area contributed by atoms with E-state index in [1.54, 1.807) is 0 Å². The van der Waals surface area contributed by atoms with Crippen molar-refractivity contribution >= 4 is 28.2 Å². The van der Waals surface area contributed by atoms with E-state index in [-0.39, 0.29) is 44.0 Å². The number of halogens is 3. The normalized spacial score (nSPS) is 19.9. The van der Waals surface area contributed by atoms with Gasteiger partial charge in [-0.15, -0.1) is 0 Å². The van der Waals surface area contributed by atoms with Gasteiger partial charge in [0, 0.05) is 68.7 Å². The molecular formula is C36H42F3N7O2. The molecular weight excluding hydrogens is 619 g/mol. The molecule has 12 heteroatoms. The first-order valence-corrected chi connectivity index (χ1v) is 16.5. The molecule has 1 saturated carbocycles. The Morgan fingerprint density at radius 1 is 1.17 bits per heavy atom. The third-order valence-electron chi connectivity index (χ3n) is 9.65. The van der Waals surface area contributed by atoms with Crippen LogP contribution < -0.4 is 14.5 Å². The van der Waals surface area contributed by atoms with Crippen LogP contribution in [-0.2, 0) is 17.8 Å². The standard InChI is InChI=1S/C36H42F3N7O2/c1-23-8-6-9-27-10-7-11-31(32(23)27)44-13-12-29-30(22-44)41-35(48-24(2)19-43(5)20-26-16-36(38,39)17-26)42-33(29)45-14-15-46(34(47)25(3)37)28(21-45)18-40-4/h6-11,24,26,28H,3,12-22H2,1-2,5H3/t24-,28+/m1/s1. The van der Waals surface area contributed by atoms with E-state index in [1.165, 1.54) is 21.2 Å². The number of aryl methyl sites for hydroxylation is 1. The number of amides is 1. The van der Waals surface area contributed by atoms with Gasteiger partial charge in [-0.05, 0) is 50.2 Å². The highest BCUT2D eigenvalue weighted by Gasteiger charge is 2.45. The minimum Gasteiger partial charge on any atom is -0.459 e. The highest BCUT2D eigenvalue weighted by atomic mass is 19.3. The maximum absolute atomic E-state index is 13.9. The quantitative estimate of drug-likeness (QED) is 0.205. The number of fused-ring (bicyclic) bond motifs is 2. The summed E-state index contributed by atoms with van der Waals surface area (Å²) >= 11 is 0. The third kappa shape index (κ3) is 7.06. The average molecular weight is 662 g/mol. The van der Waals surface area contributed by atoms with Gasteiger partial charge in [0.2, 0.25) is 12.5 Å². The minimum absolute atomic E-state index is 0.0245. The van der Waals surface area contributed by atoms with Crippen molar-refractivity contribution < 1.29 is 22.7 Å². The summed E-state index contributed by atoms with van der Waals surface area (Å²) in [6.45, 7) is 18.0. The predicted octanol–water partition coefficient (Wildman–Crippen LogP) is 5.67. The SMILES string of the molecule is [C-]#[N+]C[C@H]1CN(c2nc(O[C@H](C)CN(C)CC3CC(F)(F)C3)nc3c2CCN(c2cccc4cccc(C)c24)C3)CCN1C(=O)C(=C)F. The summed E-state index contributed by atoms with van der Waals surface area (Å²) in [6.07, 6.45) is 0.194. The zero-order valence-electron chi connectivity index (χ0n) is 27.8. The molecule has 0 N–H and O–H groups in total. The number of alkyl halides is 2. The Kier molecular flexibility index (Phi) is 9.52. The molecule has 0 radical (unpaired) electrons. The summed E-state index contributed by atoms with van der Waals surface area (Å²) in [7, 11) is 1.91. The van der Waals surface area contributed by atoms with Crippen molar-refractivity contribution in [2.45, 2.75) is 57.7 Å². The second-order valence-corrected chi connectivity index (χ2v) is 13.5. The number of aromatic nitrogens is 2. The fraction of sp³-hybridized carbons (Fsp3) is 0.500. The number of nitrogens with zero attached hydrogens (tertiary/aromatic N) is 7. The number of rotatable bonds is 10. The van der Waals surface area contributed by atoms with Gasteiger partial charge in [0.1, 0.15) is 18.0 Å². The molecule has 0 spiro atoms. The topological polar surface area (TPSA) is 69.4 Å². The molecule has 1 amide bonds. The average Bonchev–Trinajstić information content (AvgIpc) is 3.02. The number of carbonyl (C=O) groups is 1. The van der Waals surface area contributed by atoms with E-state index in [4.69, 9.17) is 21.3 Å². The van der Waals surface area contributed by atoms with E-state index in [2.05, 4.69) is 64.5 Å². The summed E-state index contributed by atoms with van der Waals surface area (Å²) in [4.78, 5) is 33.7. The third-order valence-corrected chi connectivity index (χ3v) is 9.65. The van der Waals surface area contributed by atoms with Crippen LogP contribution in [0.1, 0.15) is 36.6 Å². The van der Waals surface area contributed by atoms with E-state index in [1.807, 2.05) is 18.9 Å². The first kappa shape index (κ1) is 33.5. The Morgan fingerprint density at radius 3 is 2.62 bits per heavy atom. The van der Waals surface area contributed by atoms with Gasteiger partial charge in [-0.1, -0.05) is 36.9 Å². The number of piperazine rings is 1. The van der Waals surface area contributed by atoms with Crippen molar-refractivity contribution in [2.75, 3.05) is 62.7 Å². The Morgan fingerprint density at radius 2 is 1.92 bits per heavy atom. The predicted molar refractivity (Wildman–Crippen MR) is 180 cm³/mol. The van der Waals surface area contributed by atoms with Gasteiger partial charge in [0.05, 0.1) is 12.2 Å². The molecule has 2 fully saturated rings. The van der Waals surface area contributed by atoms with Crippen LogP contribution in [-0.4, -0.2) is 96.6 Å². The Balaban J connectivity index is 1.28. The molecule has 0 unspecified atom stereocenters. The van der Waals surface area contributed by atoms with Crippen LogP contribution in [0.2, 0.25) is 0 Å². The van der Waals surface area contributed by atoms with Crippen LogP contribution in [0.25, 0.3) is 15.6 Å². The zero-order chi connectivity index (χ0) is 34.2. The molecule has 0 bridgehead atoms. The Bertz CT molecular complexity index is 1730. The fourth-order valence-corrected chi connectivity index (χ4v) is 7.50. The number of likely N-dealkylation sites (N-methyl/N-ethyl adjacent to an activating group) is 1. The first-order valence-electron chi connectivity index (χ1n) is 16.5. The molecule has 6 rings (SSSR count). The number of hydrogen-bond acceptors (Lipinski definition) is 7. The van der Waals surface area contributed by atoms with Gasteiger partial charge >= 0.3 is 6.01 Å². The van der Waals surface area contributed by atoms with Gasteiger partial charge in [-0.3, -0.25) is 4.79 Å². The fourth-order valence-electron chi connectivity index (χ4n) is 7.50. The molecule has 3 aliphatic rings. The van der Waals surface area contributed by atoms with E-state index in [0.29, 0.717) is 45.0 Å². The lowest BCUT2D eigenvalue weighted by Gasteiger charge is -2.41. The van der Waals surface area contributed by atoms with Crippen LogP contribution in [0.4, 0.5) is 24.7 Å². The molecule has 2 aromatic carbocycles. The lowest BCUT2D eigenvalue weighted by Crippen LogP contribution is -2.57. The molecule has 3 aromatic rings. The summed E-state index contributed by atoms with van der Waals surface area (Å²) in [5.74, 6) is -3.71. The molecule has 1 saturated heterocycles. The van der Waals surface area contributed by atoms with Gasteiger partial charge in [0.15, 0.2) is 5.83 Å². The van der Waals surface area contributed by atoms with Gasteiger partial charge < -0.3 is 29.2 Å². The molecule has 254 valence electrons. The second-order valence-electron chi connectivity index (χ2n) is 13.5. The van der Waals surface area contributed by atoms with Crippen LogP contribution >= 0.6 is 0 Å². The summed E-state index contributed by atoms with van der Waals surface area (Å²) in [5, 5.41) is 2.37. The van der Waals surface area contributed by atoms with Crippen molar-refractivity contribution in [2.24, 2.45) is 5.92 Å². The highest BCUT2D eigenvalue weighted by molar-refractivity contribution is 5.97. The Hall–Kier alpha value is -4.37. The Labute approximate surface area is 279 Å². The van der Waals surface area contributed by atoms with E-state index >= 15 is 0 Å². The molecule has 1 aliphatic carbocycles.